The number of benzene rings is 3. The molecule has 0 aliphatic carbocycles. The fourth-order valence-electron chi connectivity index (χ4n) is 4.87. The minimum absolute atomic E-state index is 0.297. The van der Waals surface area contributed by atoms with E-state index < -0.39 is 5.97 Å². The molecule has 34 heavy (non-hydrogen) atoms. The molecule has 2 aromatic heterocycles. The summed E-state index contributed by atoms with van der Waals surface area (Å²) in [6.07, 6.45) is 0.673. The quantitative estimate of drug-likeness (QED) is 0.308. The van der Waals surface area contributed by atoms with Crippen LogP contribution in [0.15, 0.2) is 66.7 Å². The van der Waals surface area contributed by atoms with Gasteiger partial charge in [0.1, 0.15) is 11.4 Å². The van der Waals surface area contributed by atoms with E-state index in [4.69, 9.17) is 4.74 Å². The van der Waals surface area contributed by atoms with E-state index in [2.05, 4.69) is 23.3 Å². The number of ether oxygens (including phenoxy) is 1. The summed E-state index contributed by atoms with van der Waals surface area (Å²) in [4.78, 5) is 12.5. The van der Waals surface area contributed by atoms with Gasteiger partial charge in [0.2, 0.25) is 0 Å². The highest BCUT2D eigenvalue weighted by molar-refractivity contribution is 6.08. The van der Waals surface area contributed by atoms with E-state index in [1.807, 2.05) is 74.0 Å². The average molecular weight is 454 g/mol. The summed E-state index contributed by atoms with van der Waals surface area (Å²) < 4.78 is 9.83. The zero-order chi connectivity index (χ0) is 23.8. The van der Waals surface area contributed by atoms with Crippen LogP contribution in [-0.4, -0.2) is 32.0 Å². The summed E-state index contributed by atoms with van der Waals surface area (Å²) in [5.41, 5.74) is 4.60. The number of aromatic carboxylic acids is 1. The summed E-state index contributed by atoms with van der Waals surface area (Å²) in [6.45, 7) is 4.92. The van der Waals surface area contributed by atoms with Crippen molar-refractivity contribution in [3.05, 3.63) is 83.8 Å². The van der Waals surface area contributed by atoms with Gasteiger partial charge in [-0.3, -0.25) is 4.68 Å². The molecule has 0 saturated heterocycles. The third-order valence-corrected chi connectivity index (χ3v) is 6.47. The number of carbonyl (C=O) groups is 1. The first-order valence-electron chi connectivity index (χ1n) is 11.4. The third kappa shape index (κ3) is 3.61. The fourth-order valence-corrected chi connectivity index (χ4v) is 4.87. The van der Waals surface area contributed by atoms with E-state index in [0.717, 1.165) is 49.9 Å². The number of aromatic nitrogens is 3. The third-order valence-electron chi connectivity index (χ3n) is 6.47. The normalized spacial score (nSPS) is 11.4. The number of fused-ring (bicyclic) bond motifs is 2. The Morgan fingerprint density at radius 1 is 0.941 bits per heavy atom. The van der Waals surface area contributed by atoms with Crippen LogP contribution in [-0.2, 0) is 13.6 Å². The molecule has 0 aliphatic rings. The van der Waals surface area contributed by atoms with Gasteiger partial charge in [-0.2, -0.15) is 5.10 Å². The van der Waals surface area contributed by atoms with E-state index in [1.165, 1.54) is 0 Å². The van der Waals surface area contributed by atoms with Crippen LogP contribution in [0.25, 0.3) is 32.8 Å². The first-order valence-corrected chi connectivity index (χ1v) is 11.4. The molecule has 0 fully saturated rings. The van der Waals surface area contributed by atoms with E-state index in [9.17, 15) is 9.90 Å². The molecule has 0 unspecified atom stereocenters. The van der Waals surface area contributed by atoms with Crippen molar-refractivity contribution in [2.45, 2.75) is 26.8 Å². The number of carboxylic acid groups (broad SMARTS) is 1. The van der Waals surface area contributed by atoms with Gasteiger partial charge in [0, 0.05) is 46.7 Å². The molecule has 3 aromatic carbocycles. The summed E-state index contributed by atoms with van der Waals surface area (Å²) >= 11 is 0. The van der Waals surface area contributed by atoms with Gasteiger partial charge in [-0.1, -0.05) is 54.6 Å². The molecule has 5 rings (SSSR count). The molecule has 0 saturated carbocycles. The van der Waals surface area contributed by atoms with Crippen LogP contribution in [0.2, 0.25) is 0 Å². The summed E-state index contributed by atoms with van der Waals surface area (Å²) in [7, 11) is 1.89. The van der Waals surface area contributed by atoms with Gasteiger partial charge in [-0.25, -0.2) is 4.79 Å². The molecule has 6 nitrogen and oxygen atoms in total. The minimum atomic E-state index is -0.941. The van der Waals surface area contributed by atoms with Crippen molar-refractivity contribution in [1.29, 1.82) is 0 Å². The number of para-hydroxylation sites is 1. The summed E-state index contributed by atoms with van der Waals surface area (Å²) in [5, 5.41) is 17.9. The molecular formula is C28H27N3O3. The molecule has 0 bridgehead atoms. The number of aryl methyl sites for hydroxylation is 3. The zero-order valence-corrected chi connectivity index (χ0v) is 19.6. The second kappa shape index (κ2) is 8.71. The Kier molecular flexibility index (Phi) is 5.57. The van der Waals surface area contributed by atoms with Crippen molar-refractivity contribution in [1.82, 2.24) is 14.3 Å². The van der Waals surface area contributed by atoms with Gasteiger partial charge in [-0.05, 0) is 37.8 Å². The van der Waals surface area contributed by atoms with Gasteiger partial charge in [0.25, 0.3) is 0 Å². The Morgan fingerprint density at radius 2 is 1.65 bits per heavy atom. The fraction of sp³-hybridized carbons (Fsp3) is 0.214. The number of carboxylic acids is 1. The Labute approximate surface area is 198 Å². The molecule has 6 heteroatoms. The molecule has 2 heterocycles. The highest BCUT2D eigenvalue weighted by atomic mass is 16.5. The monoisotopic (exact) mass is 453 g/mol. The summed E-state index contributed by atoms with van der Waals surface area (Å²) in [5.74, 6) is -0.0972. The lowest BCUT2D eigenvalue weighted by Crippen LogP contribution is -2.12. The van der Waals surface area contributed by atoms with Crippen molar-refractivity contribution in [2.24, 2.45) is 7.05 Å². The molecule has 0 aliphatic heterocycles. The minimum Gasteiger partial charge on any atom is -0.493 e. The van der Waals surface area contributed by atoms with Gasteiger partial charge >= 0.3 is 5.97 Å². The van der Waals surface area contributed by atoms with Crippen molar-refractivity contribution in [3.8, 4) is 16.9 Å². The first-order chi connectivity index (χ1) is 16.5. The van der Waals surface area contributed by atoms with Crippen LogP contribution in [0.4, 0.5) is 0 Å². The average Bonchev–Trinajstić information content (AvgIpc) is 3.29. The van der Waals surface area contributed by atoms with Crippen LogP contribution >= 0.6 is 0 Å². The first kappa shape index (κ1) is 21.8. The lowest BCUT2D eigenvalue weighted by atomic mass is 10.00. The Balaban J connectivity index is 1.49. The molecule has 0 spiro atoms. The number of hydrogen-bond acceptors (Lipinski definition) is 3. The van der Waals surface area contributed by atoms with E-state index in [0.29, 0.717) is 25.3 Å². The van der Waals surface area contributed by atoms with E-state index in [-0.39, 0.29) is 0 Å². The topological polar surface area (TPSA) is 69.3 Å². The van der Waals surface area contributed by atoms with Crippen LogP contribution < -0.4 is 4.74 Å². The van der Waals surface area contributed by atoms with Gasteiger partial charge < -0.3 is 14.4 Å². The van der Waals surface area contributed by atoms with Crippen LogP contribution in [0.3, 0.4) is 0 Å². The van der Waals surface area contributed by atoms with Gasteiger partial charge in [0.15, 0.2) is 0 Å². The predicted molar refractivity (Wildman–Crippen MR) is 135 cm³/mol. The SMILES string of the molecule is Cc1nn(C)c(C)c1-c1c(C(=O)O)n(CCCOc2cccc3ccccc23)c2ccccc12. The van der Waals surface area contributed by atoms with Crippen LogP contribution in [0, 0.1) is 13.8 Å². The molecule has 0 atom stereocenters. The van der Waals surface area contributed by atoms with Gasteiger partial charge in [-0.15, -0.1) is 0 Å². The largest absolute Gasteiger partial charge is 0.493 e. The maximum Gasteiger partial charge on any atom is 0.353 e. The Bertz CT molecular complexity index is 1520. The predicted octanol–water partition coefficient (Wildman–Crippen LogP) is 5.98. The second-order valence-corrected chi connectivity index (χ2v) is 8.55. The molecule has 1 N–H and O–H groups in total. The second-order valence-electron chi connectivity index (χ2n) is 8.55. The molecule has 172 valence electrons. The lowest BCUT2D eigenvalue weighted by Gasteiger charge is -2.12. The van der Waals surface area contributed by atoms with Crippen molar-refractivity contribution in [3.63, 3.8) is 0 Å². The van der Waals surface area contributed by atoms with Crippen molar-refractivity contribution in [2.75, 3.05) is 6.61 Å². The smallest absolute Gasteiger partial charge is 0.353 e. The Hall–Kier alpha value is -4.06. The van der Waals surface area contributed by atoms with E-state index in [1.54, 1.807) is 4.68 Å². The highest BCUT2D eigenvalue weighted by Gasteiger charge is 2.27. The molecule has 0 amide bonds. The maximum absolute atomic E-state index is 12.5. The number of rotatable bonds is 7. The maximum atomic E-state index is 12.5. The standard InChI is InChI=1S/C28H27N3O3/c1-18-25(19(2)30(3)29-18)26-22-13-6-7-14-23(22)31(27(26)28(32)33)16-9-17-34-24-15-8-11-20-10-4-5-12-21(20)24/h4-8,10-15H,9,16-17H2,1-3H3,(H,32,33). The number of hydrogen-bond donors (Lipinski definition) is 1. The zero-order valence-electron chi connectivity index (χ0n) is 19.6. The van der Waals surface area contributed by atoms with Crippen LogP contribution in [0.1, 0.15) is 28.3 Å². The number of nitrogens with zero attached hydrogens (tertiary/aromatic N) is 3. The van der Waals surface area contributed by atoms with Crippen molar-refractivity contribution < 1.29 is 14.6 Å². The molecule has 0 radical (unpaired) electrons. The summed E-state index contributed by atoms with van der Waals surface area (Å²) in [6, 6.07) is 22.0. The van der Waals surface area contributed by atoms with Crippen LogP contribution in [0.5, 0.6) is 5.75 Å². The van der Waals surface area contributed by atoms with E-state index >= 15 is 0 Å². The highest BCUT2D eigenvalue weighted by Crippen LogP contribution is 2.38. The lowest BCUT2D eigenvalue weighted by molar-refractivity contribution is 0.0686. The Morgan fingerprint density at radius 3 is 2.38 bits per heavy atom. The molecular weight excluding hydrogens is 426 g/mol. The molecule has 5 aromatic rings. The van der Waals surface area contributed by atoms with Gasteiger partial charge in [0.05, 0.1) is 12.3 Å². The van der Waals surface area contributed by atoms with Crippen molar-refractivity contribution >= 4 is 27.6 Å².